The number of hydrogen-bond acceptors (Lipinski definition) is 8. The van der Waals surface area contributed by atoms with E-state index in [-0.39, 0.29) is 28.7 Å². The highest BCUT2D eigenvalue weighted by molar-refractivity contribution is 7.91. The Kier molecular flexibility index (Phi) is 5.19. The average Bonchev–Trinajstić information content (AvgIpc) is 3.41. The van der Waals surface area contributed by atoms with Crippen LogP contribution in [-0.4, -0.2) is 51.2 Å². The van der Waals surface area contributed by atoms with Gasteiger partial charge in [0.1, 0.15) is 10.7 Å². The first kappa shape index (κ1) is 22.5. The largest absolute Gasteiger partial charge is 0.382 e. The molecular weight excluding hydrogens is 474 g/mol. The number of nitrogens with two attached hydrogens (primary N) is 1. The molecule has 0 saturated carbocycles. The summed E-state index contributed by atoms with van der Waals surface area (Å²) in [5.41, 5.74) is 10.8. The number of benzene rings is 1. The number of fused-ring (bicyclic) bond motifs is 3. The van der Waals surface area contributed by atoms with E-state index >= 15 is 0 Å². The number of pyridine rings is 1. The molecule has 0 radical (unpaired) electrons. The van der Waals surface area contributed by atoms with Gasteiger partial charge in [0.25, 0.3) is 0 Å². The highest BCUT2D eigenvalue weighted by Crippen LogP contribution is 2.45. The fraction of sp³-hybridized carbons (Fsp3) is 0.308. The molecule has 36 heavy (non-hydrogen) atoms. The maximum absolute atomic E-state index is 12.9. The van der Waals surface area contributed by atoms with Crippen molar-refractivity contribution in [3.8, 4) is 28.6 Å². The summed E-state index contributed by atoms with van der Waals surface area (Å²) in [6.45, 7) is 0. The van der Waals surface area contributed by atoms with Crippen molar-refractivity contribution in [2.75, 3.05) is 12.0 Å². The molecule has 2 aliphatic rings. The minimum absolute atomic E-state index is 0.0389. The SMILES string of the molecule is CS(=O)(=O)c1c(C2CC3CC[C@H](C2)N3C#N)nc2c(-c3ccc(-c4ccccc4)nc3)cnn2c1N. The normalized spacial score (nSPS) is 21.6. The zero-order valence-electron chi connectivity index (χ0n) is 19.7. The zero-order chi connectivity index (χ0) is 25.0. The van der Waals surface area contributed by atoms with Crippen LogP contribution in [0.15, 0.2) is 59.8 Å². The Morgan fingerprint density at radius 1 is 1.03 bits per heavy atom. The van der Waals surface area contributed by atoms with Crippen LogP contribution in [0, 0.1) is 11.5 Å². The predicted molar refractivity (Wildman–Crippen MR) is 135 cm³/mol. The van der Waals surface area contributed by atoms with E-state index in [1.807, 2.05) is 47.4 Å². The maximum atomic E-state index is 12.9. The lowest BCUT2D eigenvalue weighted by molar-refractivity contribution is 0.195. The van der Waals surface area contributed by atoms with E-state index < -0.39 is 9.84 Å². The Labute approximate surface area is 209 Å². The molecule has 2 bridgehead atoms. The van der Waals surface area contributed by atoms with Crippen molar-refractivity contribution in [3.05, 3.63) is 60.6 Å². The second kappa shape index (κ2) is 8.31. The van der Waals surface area contributed by atoms with Gasteiger partial charge in [0.05, 0.1) is 17.6 Å². The molecule has 2 aliphatic heterocycles. The molecule has 5 heterocycles. The monoisotopic (exact) mass is 499 g/mol. The van der Waals surface area contributed by atoms with Crippen LogP contribution in [0.5, 0.6) is 0 Å². The molecule has 0 spiro atoms. The smallest absolute Gasteiger partial charge is 0.180 e. The van der Waals surface area contributed by atoms with E-state index in [1.165, 1.54) is 4.52 Å². The third kappa shape index (κ3) is 3.58. The molecule has 2 saturated heterocycles. The van der Waals surface area contributed by atoms with E-state index in [4.69, 9.17) is 10.7 Å². The standard InChI is InChI=1S/C26H25N7O2S/c1-36(34,35)24-23(18-11-19-8-9-20(12-18)32(19)15-27)31-26-21(14-30-33(26)25(24)28)17-7-10-22(29-13-17)16-5-3-2-4-6-16/h2-7,10,13-14,18-20H,8-9,11-12,28H2,1H3/t18?,19-,20?/m1/s1. The van der Waals surface area contributed by atoms with Crippen LogP contribution >= 0.6 is 0 Å². The summed E-state index contributed by atoms with van der Waals surface area (Å²) >= 11 is 0. The van der Waals surface area contributed by atoms with E-state index in [1.54, 1.807) is 12.4 Å². The minimum Gasteiger partial charge on any atom is -0.382 e. The van der Waals surface area contributed by atoms with Crippen molar-refractivity contribution in [2.24, 2.45) is 0 Å². The van der Waals surface area contributed by atoms with Crippen LogP contribution < -0.4 is 5.73 Å². The van der Waals surface area contributed by atoms with Gasteiger partial charge in [-0.3, -0.25) is 4.98 Å². The molecule has 0 amide bonds. The van der Waals surface area contributed by atoms with Crippen molar-refractivity contribution in [2.45, 2.75) is 48.6 Å². The number of rotatable bonds is 4. The summed E-state index contributed by atoms with van der Waals surface area (Å²) in [6.07, 6.45) is 10.1. The quantitative estimate of drug-likeness (QED) is 0.421. The molecule has 2 N–H and O–H groups in total. The van der Waals surface area contributed by atoms with Gasteiger partial charge < -0.3 is 10.6 Å². The van der Waals surface area contributed by atoms with Crippen molar-refractivity contribution >= 4 is 21.3 Å². The average molecular weight is 500 g/mol. The van der Waals surface area contributed by atoms with E-state index in [0.717, 1.165) is 41.5 Å². The van der Waals surface area contributed by atoms with Gasteiger partial charge in [-0.25, -0.2) is 13.4 Å². The lowest BCUT2D eigenvalue weighted by Gasteiger charge is -2.35. The van der Waals surface area contributed by atoms with Gasteiger partial charge in [-0.1, -0.05) is 36.4 Å². The molecule has 3 aromatic heterocycles. The van der Waals surface area contributed by atoms with Gasteiger partial charge in [-0.05, 0) is 31.7 Å². The van der Waals surface area contributed by atoms with Crippen LogP contribution in [0.25, 0.3) is 28.0 Å². The third-order valence-electron chi connectivity index (χ3n) is 7.41. The molecule has 2 unspecified atom stereocenters. The lowest BCUT2D eigenvalue weighted by Crippen LogP contribution is -2.39. The van der Waals surface area contributed by atoms with E-state index in [9.17, 15) is 13.7 Å². The number of aromatic nitrogens is 4. The second-order valence-electron chi connectivity index (χ2n) is 9.64. The predicted octanol–water partition coefficient (Wildman–Crippen LogP) is 3.64. The van der Waals surface area contributed by atoms with Crippen LogP contribution in [0.3, 0.4) is 0 Å². The van der Waals surface area contributed by atoms with Crippen LogP contribution in [0.1, 0.15) is 37.3 Å². The summed E-state index contributed by atoms with van der Waals surface area (Å²) in [7, 11) is -3.67. The molecule has 3 atom stereocenters. The van der Waals surface area contributed by atoms with Crippen molar-refractivity contribution in [1.29, 1.82) is 5.26 Å². The fourth-order valence-corrected chi connectivity index (χ4v) is 6.83. The Balaban J connectivity index is 1.47. The minimum atomic E-state index is -3.67. The van der Waals surface area contributed by atoms with Crippen LogP contribution in [0.4, 0.5) is 5.82 Å². The zero-order valence-corrected chi connectivity index (χ0v) is 20.6. The van der Waals surface area contributed by atoms with Gasteiger partial charge in [0.15, 0.2) is 21.7 Å². The molecule has 9 nitrogen and oxygen atoms in total. The number of nitrogen functional groups attached to an aromatic ring is 1. The highest BCUT2D eigenvalue weighted by Gasteiger charge is 2.43. The Hall–Kier alpha value is -3.97. The lowest BCUT2D eigenvalue weighted by atomic mass is 9.88. The van der Waals surface area contributed by atoms with Gasteiger partial charge >= 0.3 is 0 Å². The summed E-state index contributed by atoms with van der Waals surface area (Å²) in [4.78, 5) is 11.4. The number of piperidine rings is 1. The van der Waals surface area contributed by atoms with Gasteiger partial charge in [0.2, 0.25) is 0 Å². The number of nitriles is 1. The van der Waals surface area contributed by atoms with Gasteiger partial charge in [-0.2, -0.15) is 14.9 Å². The maximum Gasteiger partial charge on any atom is 0.180 e. The molecule has 182 valence electrons. The first-order chi connectivity index (χ1) is 17.3. The Bertz CT molecular complexity index is 1590. The highest BCUT2D eigenvalue weighted by atomic mass is 32.2. The van der Waals surface area contributed by atoms with Gasteiger partial charge in [0, 0.05) is 47.1 Å². The number of nitrogens with zero attached hydrogens (tertiary/aromatic N) is 6. The summed E-state index contributed by atoms with van der Waals surface area (Å²) < 4.78 is 27.2. The van der Waals surface area contributed by atoms with Gasteiger partial charge in [-0.15, -0.1) is 0 Å². The molecule has 0 aliphatic carbocycles. The first-order valence-corrected chi connectivity index (χ1v) is 13.8. The number of anilines is 1. The third-order valence-corrected chi connectivity index (χ3v) is 8.57. The Morgan fingerprint density at radius 2 is 1.75 bits per heavy atom. The van der Waals surface area contributed by atoms with Crippen molar-refractivity contribution in [1.82, 2.24) is 24.5 Å². The molecular formula is C26H25N7O2S. The molecule has 1 aromatic carbocycles. The van der Waals surface area contributed by atoms with E-state index in [2.05, 4.69) is 16.3 Å². The summed E-state index contributed by atoms with van der Waals surface area (Å²) in [5.74, 6) is -0.0434. The molecule has 4 aromatic rings. The molecule has 2 fully saturated rings. The first-order valence-electron chi connectivity index (χ1n) is 11.9. The summed E-state index contributed by atoms with van der Waals surface area (Å²) in [5, 5.41) is 13.9. The van der Waals surface area contributed by atoms with Crippen LogP contribution in [0.2, 0.25) is 0 Å². The van der Waals surface area contributed by atoms with Crippen molar-refractivity contribution < 1.29 is 8.42 Å². The molecule has 6 rings (SSSR count). The van der Waals surface area contributed by atoms with E-state index in [0.29, 0.717) is 24.2 Å². The topological polar surface area (TPSA) is 130 Å². The summed E-state index contributed by atoms with van der Waals surface area (Å²) in [6, 6.07) is 14.0. The van der Waals surface area contributed by atoms with Crippen molar-refractivity contribution in [3.63, 3.8) is 0 Å². The number of sulfone groups is 1. The second-order valence-corrected chi connectivity index (χ2v) is 11.6. The fourth-order valence-electron chi connectivity index (χ4n) is 5.77. The Morgan fingerprint density at radius 3 is 2.36 bits per heavy atom. The van der Waals surface area contributed by atoms with Crippen LogP contribution in [-0.2, 0) is 9.84 Å². The molecule has 10 heteroatoms. The number of hydrogen-bond donors (Lipinski definition) is 1.